The lowest BCUT2D eigenvalue weighted by molar-refractivity contribution is 0.0679. The number of nitrogen functional groups attached to an aromatic ring is 1. The highest BCUT2D eigenvalue weighted by Crippen LogP contribution is 2.22. The first-order valence-corrected chi connectivity index (χ1v) is 6.20. The number of piperidine rings is 1. The summed E-state index contributed by atoms with van der Waals surface area (Å²) in [6.45, 7) is 3.88. The van der Waals surface area contributed by atoms with E-state index in [0.717, 1.165) is 31.8 Å². The third-order valence-electron chi connectivity index (χ3n) is 3.65. The number of hydrogen-bond acceptors (Lipinski definition) is 3. The fraction of sp³-hybridized carbons (Fsp3) is 0.667. The normalized spacial score (nSPS) is 17.4. The smallest absolute Gasteiger partial charge is 0.274 e. The molecule has 0 saturated carbocycles. The summed E-state index contributed by atoms with van der Waals surface area (Å²) in [6, 6.07) is 0. The number of likely N-dealkylation sites (tertiary alicyclic amines) is 1. The number of nitrogens with two attached hydrogens (primary N) is 1. The minimum atomic E-state index is 0.0112. The number of nitrogens with zero attached hydrogens (tertiary/aromatic N) is 3. The molecule has 0 spiro atoms. The molecule has 5 heteroatoms. The molecular formula is C12H20N4O. The Morgan fingerprint density at radius 3 is 2.65 bits per heavy atom. The van der Waals surface area contributed by atoms with Crippen molar-refractivity contribution < 1.29 is 4.79 Å². The van der Waals surface area contributed by atoms with E-state index >= 15 is 0 Å². The van der Waals surface area contributed by atoms with Crippen LogP contribution in [0.5, 0.6) is 0 Å². The van der Waals surface area contributed by atoms with E-state index in [-0.39, 0.29) is 5.91 Å². The van der Waals surface area contributed by atoms with Crippen LogP contribution in [0, 0.1) is 5.92 Å². The van der Waals surface area contributed by atoms with Crippen LogP contribution in [-0.2, 0) is 7.05 Å². The molecule has 17 heavy (non-hydrogen) atoms. The zero-order chi connectivity index (χ0) is 12.4. The monoisotopic (exact) mass is 236 g/mol. The Morgan fingerprint density at radius 2 is 2.18 bits per heavy atom. The average Bonchev–Trinajstić information content (AvgIpc) is 2.68. The Labute approximate surface area is 102 Å². The predicted molar refractivity (Wildman–Crippen MR) is 66.5 cm³/mol. The van der Waals surface area contributed by atoms with Gasteiger partial charge in [-0.2, -0.15) is 5.10 Å². The topological polar surface area (TPSA) is 64.2 Å². The molecule has 1 fully saturated rings. The Hall–Kier alpha value is -1.52. The summed E-state index contributed by atoms with van der Waals surface area (Å²) < 4.78 is 1.56. The lowest BCUT2D eigenvalue weighted by Gasteiger charge is -2.31. The molecule has 1 aromatic rings. The predicted octanol–water partition coefficient (Wildman–Crippen LogP) is 1.26. The van der Waals surface area contributed by atoms with Crippen molar-refractivity contribution in [1.82, 2.24) is 14.7 Å². The molecule has 1 aliphatic heterocycles. The molecule has 0 atom stereocenters. The van der Waals surface area contributed by atoms with Gasteiger partial charge in [0.15, 0.2) is 0 Å². The van der Waals surface area contributed by atoms with Crippen LogP contribution in [-0.4, -0.2) is 33.7 Å². The minimum absolute atomic E-state index is 0.0112. The lowest BCUT2D eigenvalue weighted by Crippen LogP contribution is -2.39. The lowest BCUT2D eigenvalue weighted by atomic mass is 9.94. The first kappa shape index (κ1) is 12.0. The van der Waals surface area contributed by atoms with Gasteiger partial charge in [0.2, 0.25) is 0 Å². The second-order valence-corrected chi connectivity index (χ2v) is 4.72. The SMILES string of the molecule is CCC1CCN(C(=O)c2c(N)cnn2C)CC1. The molecule has 0 unspecified atom stereocenters. The van der Waals surface area contributed by atoms with Crippen molar-refractivity contribution in [1.29, 1.82) is 0 Å². The molecule has 0 radical (unpaired) electrons. The van der Waals surface area contributed by atoms with Crippen molar-refractivity contribution in [3.63, 3.8) is 0 Å². The third kappa shape index (κ3) is 2.28. The summed E-state index contributed by atoms with van der Waals surface area (Å²) in [4.78, 5) is 14.2. The van der Waals surface area contributed by atoms with E-state index in [1.807, 2.05) is 4.90 Å². The van der Waals surface area contributed by atoms with Gasteiger partial charge in [0.05, 0.1) is 11.9 Å². The van der Waals surface area contributed by atoms with Crippen LogP contribution < -0.4 is 5.73 Å². The minimum Gasteiger partial charge on any atom is -0.396 e. The molecule has 1 aliphatic rings. The van der Waals surface area contributed by atoms with Gasteiger partial charge >= 0.3 is 0 Å². The summed E-state index contributed by atoms with van der Waals surface area (Å²) in [5, 5.41) is 4.01. The summed E-state index contributed by atoms with van der Waals surface area (Å²) in [6.07, 6.45) is 4.93. The maximum atomic E-state index is 12.3. The van der Waals surface area contributed by atoms with Gasteiger partial charge < -0.3 is 10.6 Å². The summed E-state index contributed by atoms with van der Waals surface area (Å²) in [5.74, 6) is 0.778. The molecular weight excluding hydrogens is 216 g/mol. The molecule has 0 aromatic carbocycles. The molecule has 1 amide bonds. The van der Waals surface area contributed by atoms with E-state index in [2.05, 4.69) is 12.0 Å². The molecule has 1 aromatic heterocycles. The van der Waals surface area contributed by atoms with E-state index < -0.39 is 0 Å². The Kier molecular flexibility index (Phi) is 3.36. The molecule has 2 N–H and O–H groups in total. The number of rotatable bonds is 2. The maximum absolute atomic E-state index is 12.3. The molecule has 5 nitrogen and oxygen atoms in total. The second-order valence-electron chi connectivity index (χ2n) is 4.72. The van der Waals surface area contributed by atoms with E-state index in [1.54, 1.807) is 11.7 Å². The van der Waals surface area contributed by atoms with Gasteiger partial charge in [-0.25, -0.2) is 0 Å². The first-order chi connectivity index (χ1) is 8.13. The van der Waals surface area contributed by atoms with Gasteiger partial charge in [-0.05, 0) is 18.8 Å². The quantitative estimate of drug-likeness (QED) is 0.841. The zero-order valence-electron chi connectivity index (χ0n) is 10.5. The van der Waals surface area contributed by atoms with Crippen molar-refractivity contribution in [2.75, 3.05) is 18.8 Å². The fourth-order valence-corrected chi connectivity index (χ4v) is 2.41. The maximum Gasteiger partial charge on any atom is 0.274 e. The second kappa shape index (κ2) is 4.77. The van der Waals surface area contributed by atoms with Gasteiger partial charge in [0, 0.05) is 20.1 Å². The van der Waals surface area contributed by atoms with Crippen LogP contribution in [0.3, 0.4) is 0 Å². The fourth-order valence-electron chi connectivity index (χ4n) is 2.41. The number of carbonyl (C=O) groups is 1. The van der Waals surface area contributed by atoms with Crippen LogP contribution in [0.15, 0.2) is 6.20 Å². The molecule has 1 saturated heterocycles. The van der Waals surface area contributed by atoms with Crippen molar-refractivity contribution in [2.45, 2.75) is 26.2 Å². The number of hydrogen-bond donors (Lipinski definition) is 1. The van der Waals surface area contributed by atoms with Gasteiger partial charge in [0.1, 0.15) is 5.69 Å². The third-order valence-corrected chi connectivity index (χ3v) is 3.65. The Morgan fingerprint density at radius 1 is 1.53 bits per heavy atom. The van der Waals surface area contributed by atoms with Crippen LogP contribution in [0.4, 0.5) is 5.69 Å². The highest BCUT2D eigenvalue weighted by atomic mass is 16.2. The van der Waals surface area contributed by atoms with E-state index in [9.17, 15) is 4.79 Å². The van der Waals surface area contributed by atoms with Crippen LogP contribution in [0.1, 0.15) is 36.7 Å². The van der Waals surface area contributed by atoms with Crippen molar-refractivity contribution in [3.05, 3.63) is 11.9 Å². The number of aromatic nitrogens is 2. The standard InChI is InChI=1S/C12H20N4O/c1-3-9-4-6-16(7-5-9)12(17)11-10(13)8-14-15(11)2/h8-9H,3-7,13H2,1-2H3. The van der Waals surface area contributed by atoms with Crippen LogP contribution in [0.25, 0.3) is 0 Å². The number of amides is 1. The zero-order valence-corrected chi connectivity index (χ0v) is 10.5. The van der Waals surface area contributed by atoms with Crippen molar-refractivity contribution in [3.8, 4) is 0 Å². The summed E-state index contributed by atoms with van der Waals surface area (Å²) in [7, 11) is 1.75. The Bertz CT molecular complexity index is 385. The number of carbonyl (C=O) groups excluding carboxylic acids is 1. The summed E-state index contributed by atoms with van der Waals surface area (Å²) in [5.41, 5.74) is 6.75. The van der Waals surface area contributed by atoms with Gasteiger partial charge in [-0.1, -0.05) is 13.3 Å². The van der Waals surface area contributed by atoms with E-state index in [4.69, 9.17) is 5.73 Å². The molecule has 0 aliphatic carbocycles. The average molecular weight is 236 g/mol. The van der Waals surface area contributed by atoms with E-state index in [1.165, 1.54) is 12.6 Å². The molecule has 0 bridgehead atoms. The van der Waals surface area contributed by atoms with Crippen molar-refractivity contribution in [2.24, 2.45) is 13.0 Å². The van der Waals surface area contributed by atoms with Crippen molar-refractivity contribution >= 4 is 11.6 Å². The van der Waals surface area contributed by atoms with Gasteiger partial charge in [0.25, 0.3) is 5.91 Å². The van der Waals surface area contributed by atoms with Crippen LogP contribution >= 0.6 is 0 Å². The highest BCUT2D eigenvalue weighted by molar-refractivity contribution is 5.97. The summed E-state index contributed by atoms with van der Waals surface area (Å²) >= 11 is 0. The van der Waals surface area contributed by atoms with Crippen LogP contribution in [0.2, 0.25) is 0 Å². The highest BCUT2D eigenvalue weighted by Gasteiger charge is 2.25. The number of aryl methyl sites for hydroxylation is 1. The molecule has 94 valence electrons. The largest absolute Gasteiger partial charge is 0.396 e. The van der Waals surface area contributed by atoms with Gasteiger partial charge in [-0.3, -0.25) is 9.48 Å². The molecule has 2 rings (SSSR count). The molecule has 2 heterocycles. The first-order valence-electron chi connectivity index (χ1n) is 6.20. The van der Waals surface area contributed by atoms with E-state index in [0.29, 0.717) is 11.4 Å². The number of anilines is 1. The Balaban J connectivity index is 2.07. The van der Waals surface area contributed by atoms with Gasteiger partial charge in [-0.15, -0.1) is 0 Å².